The van der Waals surface area contributed by atoms with E-state index in [1.807, 2.05) is 37.3 Å². The fourth-order valence-electron chi connectivity index (χ4n) is 2.38. The van der Waals surface area contributed by atoms with Gasteiger partial charge in [0, 0.05) is 6.61 Å². The highest BCUT2D eigenvalue weighted by Crippen LogP contribution is 2.15. The molecule has 1 aliphatic heterocycles. The Morgan fingerprint density at radius 3 is 2.84 bits per heavy atom. The van der Waals surface area contributed by atoms with Crippen LogP contribution in [0.5, 0.6) is 0 Å². The summed E-state index contributed by atoms with van der Waals surface area (Å²) in [7, 11) is 0. The van der Waals surface area contributed by atoms with Crippen LogP contribution in [0.2, 0.25) is 0 Å². The normalized spacial score (nSPS) is 21.9. The summed E-state index contributed by atoms with van der Waals surface area (Å²) in [4.78, 5) is 12.0. The molecule has 0 aliphatic carbocycles. The number of amides is 1. The van der Waals surface area contributed by atoms with Crippen molar-refractivity contribution in [1.82, 2.24) is 5.32 Å². The molecule has 4 nitrogen and oxygen atoms in total. The van der Waals surface area contributed by atoms with Gasteiger partial charge < -0.3 is 15.8 Å². The van der Waals surface area contributed by atoms with E-state index in [4.69, 9.17) is 10.5 Å². The third-order valence-corrected chi connectivity index (χ3v) is 3.53. The molecule has 3 atom stereocenters. The highest BCUT2D eigenvalue weighted by molar-refractivity contribution is 5.82. The van der Waals surface area contributed by atoms with Gasteiger partial charge in [0.05, 0.1) is 18.2 Å². The number of benzene rings is 1. The second-order valence-electron chi connectivity index (χ2n) is 5.14. The predicted octanol–water partition coefficient (Wildman–Crippen LogP) is 1.24. The molecule has 1 amide bonds. The number of rotatable bonds is 5. The van der Waals surface area contributed by atoms with E-state index >= 15 is 0 Å². The molecule has 1 heterocycles. The zero-order valence-electron chi connectivity index (χ0n) is 11.3. The van der Waals surface area contributed by atoms with Gasteiger partial charge in [0.25, 0.3) is 0 Å². The second-order valence-corrected chi connectivity index (χ2v) is 5.14. The Kier molecular flexibility index (Phi) is 4.93. The Morgan fingerprint density at radius 2 is 2.21 bits per heavy atom. The van der Waals surface area contributed by atoms with Crippen LogP contribution in [0.1, 0.15) is 25.3 Å². The van der Waals surface area contributed by atoms with Gasteiger partial charge in [-0.3, -0.25) is 4.79 Å². The molecular weight excluding hydrogens is 240 g/mol. The molecule has 104 valence electrons. The molecule has 0 aromatic heterocycles. The van der Waals surface area contributed by atoms with Gasteiger partial charge in [-0.2, -0.15) is 0 Å². The van der Waals surface area contributed by atoms with Gasteiger partial charge in [-0.1, -0.05) is 30.3 Å². The van der Waals surface area contributed by atoms with Crippen molar-refractivity contribution < 1.29 is 9.53 Å². The smallest absolute Gasteiger partial charge is 0.237 e. The summed E-state index contributed by atoms with van der Waals surface area (Å²) >= 11 is 0. The van der Waals surface area contributed by atoms with Crippen molar-refractivity contribution in [2.75, 3.05) is 6.61 Å². The van der Waals surface area contributed by atoms with Gasteiger partial charge in [-0.15, -0.1) is 0 Å². The van der Waals surface area contributed by atoms with Crippen molar-refractivity contribution in [2.45, 2.75) is 44.4 Å². The Hall–Kier alpha value is -1.39. The van der Waals surface area contributed by atoms with Crippen LogP contribution in [-0.2, 0) is 16.0 Å². The number of ether oxygens (including phenoxy) is 1. The first-order valence-electron chi connectivity index (χ1n) is 6.88. The van der Waals surface area contributed by atoms with Crippen molar-refractivity contribution in [1.29, 1.82) is 0 Å². The Balaban J connectivity index is 1.82. The fourth-order valence-corrected chi connectivity index (χ4v) is 2.38. The molecule has 1 aliphatic rings. The minimum atomic E-state index is -0.508. The molecule has 3 N–H and O–H groups in total. The average Bonchev–Trinajstić information content (AvgIpc) is 2.93. The quantitative estimate of drug-likeness (QED) is 0.839. The molecular formula is C15H22N2O2. The van der Waals surface area contributed by atoms with E-state index in [-0.39, 0.29) is 18.1 Å². The van der Waals surface area contributed by atoms with E-state index in [1.165, 1.54) is 0 Å². The van der Waals surface area contributed by atoms with Gasteiger partial charge in [0.15, 0.2) is 0 Å². The van der Waals surface area contributed by atoms with E-state index in [2.05, 4.69) is 5.32 Å². The van der Waals surface area contributed by atoms with Crippen molar-refractivity contribution >= 4 is 5.91 Å². The molecule has 2 unspecified atom stereocenters. The van der Waals surface area contributed by atoms with Crippen molar-refractivity contribution in [3.8, 4) is 0 Å². The lowest BCUT2D eigenvalue weighted by Crippen LogP contribution is -2.49. The maximum Gasteiger partial charge on any atom is 0.237 e. The van der Waals surface area contributed by atoms with Crippen LogP contribution in [0.25, 0.3) is 0 Å². The maximum absolute atomic E-state index is 12.0. The second kappa shape index (κ2) is 6.68. The van der Waals surface area contributed by atoms with Gasteiger partial charge in [0.1, 0.15) is 0 Å². The van der Waals surface area contributed by atoms with Gasteiger partial charge in [-0.05, 0) is 31.7 Å². The lowest BCUT2D eigenvalue weighted by molar-refractivity contribution is -0.123. The predicted molar refractivity (Wildman–Crippen MR) is 74.7 cm³/mol. The zero-order valence-corrected chi connectivity index (χ0v) is 11.3. The molecule has 0 saturated carbocycles. The molecule has 1 aromatic carbocycles. The van der Waals surface area contributed by atoms with Crippen molar-refractivity contribution in [3.05, 3.63) is 35.9 Å². The number of hydrogen-bond acceptors (Lipinski definition) is 3. The first kappa shape index (κ1) is 14.0. The number of carbonyl (C=O) groups is 1. The summed E-state index contributed by atoms with van der Waals surface area (Å²) in [5.41, 5.74) is 7.02. The molecule has 1 aromatic rings. The molecule has 0 bridgehead atoms. The van der Waals surface area contributed by atoms with E-state index in [0.29, 0.717) is 6.42 Å². The summed E-state index contributed by atoms with van der Waals surface area (Å²) in [6.07, 6.45) is 2.77. The third-order valence-electron chi connectivity index (χ3n) is 3.53. The van der Waals surface area contributed by atoms with E-state index < -0.39 is 6.04 Å². The van der Waals surface area contributed by atoms with Crippen LogP contribution in [0.3, 0.4) is 0 Å². The molecule has 4 heteroatoms. The highest BCUT2D eigenvalue weighted by Gasteiger charge is 2.25. The van der Waals surface area contributed by atoms with E-state index in [9.17, 15) is 4.79 Å². The summed E-state index contributed by atoms with van der Waals surface area (Å²) < 4.78 is 5.56. The largest absolute Gasteiger partial charge is 0.376 e. The molecule has 1 saturated heterocycles. The minimum Gasteiger partial charge on any atom is -0.376 e. The number of hydrogen-bond donors (Lipinski definition) is 2. The Morgan fingerprint density at radius 1 is 1.47 bits per heavy atom. The fraction of sp³-hybridized carbons (Fsp3) is 0.533. The third kappa shape index (κ3) is 4.04. The number of nitrogens with two attached hydrogens (primary N) is 1. The average molecular weight is 262 g/mol. The van der Waals surface area contributed by atoms with Gasteiger partial charge in [-0.25, -0.2) is 0 Å². The summed E-state index contributed by atoms with van der Waals surface area (Å²) in [5, 5.41) is 2.95. The van der Waals surface area contributed by atoms with Crippen LogP contribution in [0.4, 0.5) is 0 Å². The maximum atomic E-state index is 12.0. The summed E-state index contributed by atoms with van der Waals surface area (Å²) in [6, 6.07) is 9.34. The van der Waals surface area contributed by atoms with Gasteiger partial charge >= 0.3 is 0 Å². The van der Waals surface area contributed by atoms with Crippen LogP contribution in [-0.4, -0.2) is 30.7 Å². The van der Waals surface area contributed by atoms with Crippen LogP contribution >= 0.6 is 0 Å². The summed E-state index contributed by atoms with van der Waals surface area (Å²) in [6.45, 7) is 2.77. The number of nitrogens with one attached hydrogen (secondary N) is 1. The van der Waals surface area contributed by atoms with Gasteiger partial charge in [0.2, 0.25) is 5.91 Å². The van der Waals surface area contributed by atoms with E-state index in [1.54, 1.807) is 0 Å². The topological polar surface area (TPSA) is 64.4 Å². The van der Waals surface area contributed by atoms with Crippen LogP contribution in [0.15, 0.2) is 30.3 Å². The first-order valence-corrected chi connectivity index (χ1v) is 6.88. The minimum absolute atomic E-state index is 0.0248. The Labute approximate surface area is 114 Å². The zero-order chi connectivity index (χ0) is 13.7. The lowest BCUT2D eigenvalue weighted by Gasteiger charge is -2.22. The molecule has 0 radical (unpaired) electrons. The van der Waals surface area contributed by atoms with Crippen LogP contribution < -0.4 is 11.1 Å². The summed E-state index contributed by atoms with van der Waals surface area (Å²) in [5.74, 6) is -0.105. The monoisotopic (exact) mass is 262 g/mol. The molecule has 19 heavy (non-hydrogen) atoms. The van der Waals surface area contributed by atoms with Crippen molar-refractivity contribution in [2.24, 2.45) is 5.73 Å². The lowest BCUT2D eigenvalue weighted by atomic mass is 10.0. The Bertz CT molecular complexity index is 402. The molecule has 1 fully saturated rings. The highest BCUT2D eigenvalue weighted by atomic mass is 16.5. The first-order chi connectivity index (χ1) is 9.16. The van der Waals surface area contributed by atoms with Crippen molar-refractivity contribution in [3.63, 3.8) is 0 Å². The molecule has 0 spiro atoms. The molecule has 2 rings (SSSR count). The van der Waals surface area contributed by atoms with Crippen LogP contribution in [0, 0.1) is 0 Å². The SMILES string of the molecule is CC(NC(=O)[C@H](N)Cc1ccccc1)C1CCCO1. The number of carbonyl (C=O) groups excluding carboxylic acids is 1. The standard InChI is InChI=1S/C15H22N2O2/c1-11(14-8-5-9-19-14)17-15(18)13(16)10-12-6-3-2-4-7-12/h2-4,6-7,11,13-14H,5,8-10,16H2,1H3,(H,17,18)/t11?,13-,14?/m1/s1. The van der Waals surface area contributed by atoms with E-state index in [0.717, 1.165) is 25.0 Å².